The van der Waals surface area contributed by atoms with Gasteiger partial charge in [-0.25, -0.2) is 0 Å². The Hall–Kier alpha value is -3.74. The number of nitrogens with zero attached hydrogens (tertiary/aromatic N) is 2. The van der Waals surface area contributed by atoms with Gasteiger partial charge in [0, 0.05) is 24.9 Å². The van der Waals surface area contributed by atoms with Crippen LogP contribution in [0.5, 0.6) is 17.2 Å². The second-order valence-corrected chi connectivity index (χ2v) is 6.47. The zero-order valence-electron chi connectivity index (χ0n) is 16.5. The largest absolute Gasteiger partial charge is 0.504 e. The van der Waals surface area contributed by atoms with E-state index in [4.69, 9.17) is 9.47 Å². The molecule has 0 saturated carbocycles. The van der Waals surface area contributed by atoms with Crippen LogP contribution in [-0.4, -0.2) is 27.9 Å². The summed E-state index contributed by atoms with van der Waals surface area (Å²) in [5.41, 5.74) is 3.20. The van der Waals surface area contributed by atoms with Crippen molar-refractivity contribution >= 4 is 17.7 Å². The quantitative estimate of drug-likeness (QED) is 0.598. The highest BCUT2D eigenvalue weighted by Gasteiger charge is 2.05. The zero-order valence-corrected chi connectivity index (χ0v) is 16.5. The van der Waals surface area contributed by atoms with E-state index in [0.29, 0.717) is 29.4 Å². The van der Waals surface area contributed by atoms with Crippen molar-refractivity contribution in [3.05, 3.63) is 71.6 Å². The first-order valence-electron chi connectivity index (χ1n) is 9.03. The van der Waals surface area contributed by atoms with Crippen molar-refractivity contribution in [2.75, 3.05) is 12.4 Å². The molecule has 3 aromatic rings. The van der Waals surface area contributed by atoms with Gasteiger partial charge in [0.2, 0.25) is 5.91 Å². The van der Waals surface area contributed by atoms with Crippen LogP contribution in [0, 0.1) is 6.92 Å². The fraction of sp³-hybridized carbons (Fsp3) is 0.182. The molecule has 0 aliphatic rings. The summed E-state index contributed by atoms with van der Waals surface area (Å²) >= 11 is 0. The molecule has 0 saturated heterocycles. The van der Waals surface area contributed by atoms with Crippen LogP contribution in [0.3, 0.4) is 0 Å². The molecule has 0 atom stereocenters. The summed E-state index contributed by atoms with van der Waals surface area (Å²) in [7, 11) is 3.35. The minimum Gasteiger partial charge on any atom is -0.504 e. The fourth-order valence-electron chi connectivity index (χ4n) is 2.79. The summed E-state index contributed by atoms with van der Waals surface area (Å²) in [6.07, 6.45) is 3.01. The first-order valence-corrected chi connectivity index (χ1v) is 9.03. The first kappa shape index (κ1) is 20.0. The first-order chi connectivity index (χ1) is 13.9. The molecule has 0 spiro atoms. The maximum atomic E-state index is 12.2. The van der Waals surface area contributed by atoms with Gasteiger partial charge in [-0.2, -0.15) is 5.10 Å². The predicted octanol–water partition coefficient (Wildman–Crippen LogP) is 3.67. The number of hydrogen-bond donors (Lipinski definition) is 2. The monoisotopic (exact) mass is 393 g/mol. The van der Waals surface area contributed by atoms with Crippen molar-refractivity contribution in [2.45, 2.75) is 13.5 Å². The van der Waals surface area contributed by atoms with Crippen molar-refractivity contribution in [1.29, 1.82) is 0 Å². The number of ether oxygens (including phenoxy) is 2. The third kappa shape index (κ3) is 5.38. The highest BCUT2D eigenvalue weighted by Crippen LogP contribution is 2.26. The van der Waals surface area contributed by atoms with Crippen LogP contribution in [0.4, 0.5) is 5.69 Å². The van der Waals surface area contributed by atoms with E-state index >= 15 is 0 Å². The summed E-state index contributed by atoms with van der Waals surface area (Å²) in [5.74, 6) is 0.749. The number of anilines is 1. The molecule has 150 valence electrons. The third-order valence-corrected chi connectivity index (χ3v) is 4.22. The Morgan fingerprint density at radius 3 is 2.76 bits per heavy atom. The molecule has 1 aromatic heterocycles. The number of aromatic hydroxyl groups is 1. The number of carbonyl (C=O) groups is 1. The molecule has 0 bridgehead atoms. The SMILES string of the molecule is COc1ccc(/C=C/C(=O)Nc2cccc(OCc3cc(C)nn3C)c2)cc1O. The van der Waals surface area contributed by atoms with Gasteiger partial charge in [-0.15, -0.1) is 0 Å². The van der Waals surface area contributed by atoms with Crippen molar-refractivity contribution in [1.82, 2.24) is 9.78 Å². The van der Waals surface area contributed by atoms with E-state index in [1.54, 1.807) is 35.0 Å². The molecule has 1 amide bonds. The van der Waals surface area contributed by atoms with Crippen molar-refractivity contribution < 1.29 is 19.4 Å². The number of amides is 1. The molecule has 7 heteroatoms. The number of aromatic nitrogens is 2. The number of rotatable bonds is 7. The molecular weight excluding hydrogens is 370 g/mol. The van der Waals surface area contributed by atoms with E-state index < -0.39 is 0 Å². The third-order valence-electron chi connectivity index (χ3n) is 4.22. The number of phenols is 1. The van der Waals surface area contributed by atoms with Crippen LogP contribution in [-0.2, 0) is 18.4 Å². The number of aryl methyl sites for hydroxylation is 2. The lowest BCUT2D eigenvalue weighted by molar-refractivity contribution is -0.111. The second-order valence-electron chi connectivity index (χ2n) is 6.47. The Morgan fingerprint density at radius 2 is 2.07 bits per heavy atom. The van der Waals surface area contributed by atoms with Crippen LogP contribution in [0.2, 0.25) is 0 Å². The van der Waals surface area contributed by atoms with E-state index in [1.165, 1.54) is 19.3 Å². The van der Waals surface area contributed by atoms with E-state index in [1.807, 2.05) is 32.2 Å². The van der Waals surface area contributed by atoms with E-state index in [9.17, 15) is 9.90 Å². The normalized spacial score (nSPS) is 10.9. The van der Waals surface area contributed by atoms with Crippen LogP contribution >= 0.6 is 0 Å². The lowest BCUT2D eigenvalue weighted by Gasteiger charge is -2.08. The Morgan fingerprint density at radius 1 is 1.24 bits per heavy atom. The smallest absolute Gasteiger partial charge is 0.248 e. The number of hydrogen-bond acceptors (Lipinski definition) is 5. The number of benzene rings is 2. The van der Waals surface area contributed by atoms with Crippen LogP contribution < -0.4 is 14.8 Å². The van der Waals surface area contributed by atoms with Crippen LogP contribution in [0.15, 0.2) is 54.6 Å². The molecule has 2 aromatic carbocycles. The van der Waals surface area contributed by atoms with Gasteiger partial charge >= 0.3 is 0 Å². The molecule has 0 fully saturated rings. The van der Waals surface area contributed by atoms with Crippen LogP contribution in [0.25, 0.3) is 6.08 Å². The topological polar surface area (TPSA) is 85.6 Å². The van der Waals surface area contributed by atoms with Gasteiger partial charge in [0.25, 0.3) is 0 Å². The standard InChI is InChI=1S/C22H23N3O4/c1-15-11-18(25(2)24-15)14-29-19-6-4-5-17(13-19)23-22(27)10-8-16-7-9-21(28-3)20(26)12-16/h4-13,26H,14H2,1-3H3,(H,23,27)/b10-8+. The minimum absolute atomic E-state index is 0.0172. The maximum absolute atomic E-state index is 12.2. The molecular formula is C22H23N3O4. The Kier molecular flexibility index (Phi) is 6.19. The summed E-state index contributed by atoms with van der Waals surface area (Å²) in [5, 5.41) is 16.9. The highest BCUT2D eigenvalue weighted by molar-refractivity contribution is 6.02. The van der Waals surface area contributed by atoms with Gasteiger partial charge in [-0.05, 0) is 48.9 Å². The molecule has 0 aliphatic heterocycles. The van der Waals surface area contributed by atoms with Crippen molar-refractivity contribution in [3.63, 3.8) is 0 Å². The van der Waals surface area contributed by atoms with Gasteiger partial charge in [-0.3, -0.25) is 9.48 Å². The minimum atomic E-state index is -0.292. The molecule has 0 aliphatic carbocycles. The van der Waals surface area contributed by atoms with Gasteiger partial charge in [-0.1, -0.05) is 12.1 Å². The summed E-state index contributed by atoms with van der Waals surface area (Å²) in [6, 6.07) is 14.1. The average Bonchev–Trinajstić information content (AvgIpc) is 3.02. The Balaban J connectivity index is 1.59. The number of phenolic OH excluding ortho intramolecular Hbond substituents is 1. The lowest BCUT2D eigenvalue weighted by atomic mass is 10.2. The van der Waals surface area contributed by atoms with E-state index in [-0.39, 0.29) is 11.7 Å². The molecule has 2 N–H and O–H groups in total. The molecule has 0 unspecified atom stereocenters. The predicted molar refractivity (Wildman–Crippen MR) is 111 cm³/mol. The Labute approximate surface area is 169 Å². The molecule has 29 heavy (non-hydrogen) atoms. The van der Waals surface area contributed by atoms with Gasteiger partial charge in [0.05, 0.1) is 18.5 Å². The molecule has 3 rings (SSSR count). The lowest BCUT2D eigenvalue weighted by Crippen LogP contribution is -2.08. The molecule has 1 heterocycles. The van der Waals surface area contributed by atoms with Gasteiger partial charge in [0.15, 0.2) is 11.5 Å². The van der Waals surface area contributed by atoms with E-state index in [0.717, 1.165) is 11.4 Å². The molecule has 7 nitrogen and oxygen atoms in total. The summed E-state index contributed by atoms with van der Waals surface area (Å²) in [6.45, 7) is 2.32. The van der Waals surface area contributed by atoms with E-state index in [2.05, 4.69) is 10.4 Å². The van der Waals surface area contributed by atoms with Crippen molar-refractivity contribution in [2.24, 2.45) is 7.05 Å². The van der Waals surface area contributed by atoms with Gasteiger partial charge in [0.1, 0.15) is 12.4 Å². The molecule has 0 radical (unpaired) electrons. The van der Waals surface area contributed by atoms with Crippen LogP contribution in [0.1, 0.15) is 17.0 Å². The number of methoxy groups -OCH3 is 1. The number of nitrogens with one attached hydrogen (secondary N) is 1. The fourth-order valence-corrected chi connectivity index (χ4v) is 2.79. The zero-order chi connectivity index (χ0) is 20.8. The number of carbonyl (C=O) groups excluding carboxylic acids is 1. The Bertz CT molecular complexity index is 1040. The summed E-state index contributed by atoms with van der Waals surface area (Å²) < 4.78 is 12.6. The maximum Gasteiger partial charge on any atom is 0.248 e. The summed E-state index contributed by atoms with van der Waals surface area (Å²) in [4.78, 5) is 12.2. The van der Waals surface area contributed by atoms with Gasteiger partial charge < -0.3 is 19.9 Å². The second kappa shape index (κ2) is 8.97. The highest BCUT2D eigenvalue weighted by atomic mass is 16.5. The average molecular weight is 393 g/mol. The van der Waals surface area contributed by atoms with Crippen molar-refractivity contribution in [3.8, 4) is 17.2 Å².